The maximum absolute atomic E-state index is 12.5. The van der Waals surface area contributed by atoms with E-state index in [0.717, 1.165) is 33.5 Å². The lowest BCUT2D eigenvalue weighted by Gasteiger charge is -2.12. The van der Waals surface area contributed by atoms with E-state index in [-0.39, 0.29) is 17.4 Å². The number of halogens is 1. The number of rotatable bonds is 6. The molecule has 4 rings (SSSR count). The van der Waals surface area contributed by atoms with E-state index in [1.54, 1.807) is 24.4 Å². The number of sulfonamides is 1. The lowest BCUT2D eigenvalue weighted by molar-refractivity contribution is 0.592. The van der Waals surface area contributed by atoms with E-state index in [0.29, 0.717) is 5.02 Å². The van der Waals surface area contributed by atoms with E-state index in [1.165, 1.54) is 12.1 Å². The molecule has 0 spiro atoms. The molecule has 0 bridgehead atoms. The summed E-state index contributed by atoms with van der Waals surface area (Å²) in [6.45, 7) is 2.20. The molecule has 34 heavy (non-hydrogen) atoms. The van der Waals surface area contributed by atoms with Gasteiger partial charge in [-0.3, -0.25) is 4.98 Å². The number of benzene rings is 3. The summed E-state index contributed by atoms with van der Waals surface area (Å²) < 4.78 is 27.2. The van der Waals surface area contributed by atoms with Gasteiger partial charge in [0.25, 0.3) is 10.0 Å². The number of hydrogen-bond donors (Lipinski definition) is 2. The zero-order valence-corrected chi connectivity index (χ0v) is 20.0. The van der Waals surface area contributed by atoms with E-state index in [4.69, 9.17) is 17.3 Å². The lowest BCUT2D eigenvalue weighted by atomic mass is 9.97. The van der Waals surface area contributed by atoms with Crippen LogP contribution < -0.4 is 10.5 Å². The van der Waals surface area contributed by atoms with Crippen molar-refractivity contribution in [3.63, 3.8) is 0 Å². The number of nitrogens with two attached hydrogens (primary N) is 1. The number of aryl methyl sites for hydroxylation is 1. The molecule has 0 unspecified atom stereocenters. The Balaban J connectivity index is 1.63. The Morgan fingerprint density at radius 3 is 2.29 bits per heavy atom. The molecule has 4 aromatic rings. The van der Waals surface area contributed by atoms with Crippen LogP contribution in [0.15, 0.2) is 101 Å². The number of aromatic nitrogens is 1. The van der Waals surface area contributed by atoms with Crippen molar-refractivity contribution in [1.82, 2.24) is 9.71 Å². The first-order chi connectivity index (χ1) is 16.3. The van der Waals surface area contributed by atoms with Crippen LogP contribution in [-0.4, -0.2) is 19.4 Å². The third kappa shape index (κ3) is 5.62. The topological polar surface area (TPSA) is 97.4 Å². The van der Waals surface area contributed by atoms with Gasteiger partial charge in [0.15, 0.2) is 0 Å². The van der Waals surface area contributed by atoms with Crippen molar-refractivity contribution in [3.05, 3.63) is 107 Å². The van der Waals surface area contributed by atoms with Gasteiger partial charge in [0, 0.05) is 22.3 Å². The molecule has 8 heteroatoms. The Labute approximate surface area is 204 Å². The van der Waals surface area contributed by atoms with E-state index in [9.17, 15) is 8.42 Å². The Kier molecular flexibility index (Phi) is 6.95. The molecule has 3 N–H and O–H groups in total. The van der Waals surface area contributed by atoms with Crippen LogP contribution in [0, 0.1) is 6.92 Å². The van der Waals surface area contributed by atoms with Crippen LogP contribution in [0.1, 0.15) is 11.1 Å². The molecule has 0 aliphatic rings. The SMILES string of the molecule is Cc1ccc(-c2cc(CN=C(N)NS(=O)(=O)c3ccccc3)cnc2-c2ccc(Cl)cc2)cc1. The van der Waals surface area contributed by atoms with Gasteiger partial charge in [-0.2, -0.15) is 0 Å². The summed E-state index contributed by atoms with van der Waals surface area (Å²) in [5.41, 5.74) is 11.5. The molecule has 0 atom stereocenters. The van der Waals surface area contributed by atoms with Gasteiger partial charge in [-0.05, 0) is 48.4 Å². The van der Waals surface area contributed by atoms with Crippen molar-refractivity contribution in [1.29, 1.82) is 0 Å². The van der Waals surface area contributed by atoms with Crippen molar-refractivity contribution in [2.24, 2.45) is 10.7 Å². The maximum Gasteiger partial charge on any atom is 0.264 e. The molecular formula is C26H23ClN4O2S. The third-order valence-electron chi connectivity index (χ3n) is 5.15. The highest BCUT2D eigenvalue weighted by molar-refractivity contribution is 7.90. The molecular weight excluding hydrogens is 468 g/mol. The van der Waals surface area contributed by atoms with Crippen LogP contribution in [-0.2, 0) is 16.6 Å². The number of nitrogens with zero attached hydrogens (tertiary/aromatic N) is 2. The first kappa shape index (κ1) is 23.5. The molecule has 0 aliphatic heterocycles. The van der Waals surface area contributed by atoms with Crippen LogP contribution in [0.25, 0.3) is 22.4 Å². The van der Waals surface area contributed by atoms with Gasteiger partial charge in [-0.15, -0.1) is 0 Å². The molecule has 172 valence electrons. The fourth-order valence-corrected chi connectivity index (χ4v) is 4.49. The molecule has 1 aromatic heterocycles. The number of nitrogens with one attached hydrogen (secondary N) is 1. The summed E-state index contributed by atoms with van der Waals surface area (Å²) in [6, 6.07) is 25.7. The lowest BCUT2D eigenvalue weighted by Crippen LogP contribution is -2.36. The minimum Gasteiger partial charge on any atom is -0.369 e. The Hall–Kier alpha value is -3.68. The normalized spacial score (nSPS) is 11.9. The predicted molar refractivity (Wildman–Crippen MR) is 137 cm³/mol. The first-order valence-corrected chi connectivity index (χ1v) is 12.4. The van der Waals surface area contributed by atoms with Crippen LogP contribution >= 0.6 is 11.6 Å². The average molecular weight is 491 g/mol. The van der Waals surface area contributed by atoms with E-state index < -0.39 is 10.0 Å². The monoisotopic (exact) mass is 490 g/mol. The highest BCUT2D eigenvalue weighted by Crippen LogP contribution is 2.32. The van der Waals surface area contributed by atoms with Crippen molar-refractivity contribution < 1.29 is 8.42 Å². The molecule has 0 saturated carbocycles. The zero-order chi connectivity index (χ0) is 24.1. The molecule has 1 heterocycles. The highest BCUT2D eigenvalue weighted by Gasteiger charge is 2.15. The number of pyridine rings is 1. The fraction of sp³-hybridized carbons (Fsp3) is 0.0769. The Morgan fingerprint density at radius 1 is 0.971 bits per heavy atom. The molecule has 0 radical (unpaired) electrons. The summed E-state index contributed by atoms with van der Waals surface area (Å²) in [4.78, 5) is 9.01. The van der Waals surface area contributed by atoms with Gasteiger partial charge in [0.05, 0.1) is 17.1 Å². The summed E-state index contributed by atoms with van der Waals surface area (Å²) in [5, 5.41) is 0.653. The van der Waals surface area contributed by atoms with E-state index in [2.05, 4.69) is 14.7 Å². The van der Waals surface area contributed by atoms with Gasteiger partial charge in [0.1, 0.15) is 0 Å². The first-order valence-electron chi connectivity index (χ1n) is 10.5. The summed E-state index contributed by atoms with van der Waals surface area (Å²) in [6.07, 6.45) is 1.71. The van der Waals surface area contributed by atoms with Gasteiger partial charge in [-0.1, -0.05) is 71.8 Å². The Morgan fingerprint density at radius 2 is 1.62 bits per heavy atom. The standard InChI is InChI=1S/C26H23ClN4O2S/c1-18-7-9-20(10-8-18)24-15-19(16-29-25(24)21-11-13-22(27)14-12-21)17-30-26(28)31-34(32,33)23-5-3-2-4-6-23/h2-16H,17H2,1H3,(H3,28,30,31). The largest absolute Gasteiger partial charge is 0.369 e. The average Bonchev–Trinajstić information content (AvgIpc) is 2.84. The third-order valence-corrected chi connectivity index (χ3v) is 6.77. The van der Waals surface area contributed by atoms with Gasteiger partial charge >= 0.3 is 0 Å². The van der Waals surface area contributed by atoms with Crippen LogP contribution in [0.5, 0.6) is 0 Å². The molecule has 0 fully saturated rings. The van der Waals surface area contributed by atoms with Crippen molar-refractivity contribution in [2.45, 2.75) is 18.4 Å². The maximum atomic E-state index is 12.5. The zero-order valence-electron chi connectivity index (χ0n) is 18.4. The van der Waals surface area contributed by atoms with Crippen molar-refractivity contribution in [3.8, 4) is 22.4 Å². The number of aliphatic imine (C=N–C) groups is 1. The summed E-state index contributed by atoms with van der Waals surface area (Å²) >= 11 is 6.06. The second kappa shape index (κ2) is 10.1. The minimum absolute atomic E-state index is 0.115. The van der Waals surface area contributed by atoms with E-state index >= 15 is 0 Å². The molecule has 6 nitrogen and oxygen atoms in total. The molecule has 3 aromatic carbocycles. The molecule has 0 aliphatic carbocycles. The van der Waals surface area contributed by atoms with Gasteiger partial charge < -0.3 is 5.73 Å². The van der Waals surface area contributed by atoms with Crippen LogP contribution in [0.2, 0.25) is 5.02 Å². The summed E-state index contributed by atoms with van der Waals surface area (Å²) in [5.74, 6) is -0.192. The van der Waals surface area contributed by atoms with Gasteiger partial charge in [0.2, 0.25) is 5.96 Å². The highest BCUT2D eigenvalue weighted by atomic mass is 35.5. The quantitative estimate of drug-likeness (QED) is 0.288. The van der Waals surface area contributed by atoms with Gasteiger partial charge in [-0.25, -0.2) is 18.1 Å². The second-order valence-corrected chi connectivity index (χ2v) is 9.85. The van der Waals surface area contributed by atoms with Crippen LogP contribution in [0.3, 0.4) is 0 Å². The predicted octanol–water partition coefficient (Wildman–Crippen LogP) is 5.17. The minimum atomic E-state index is -3.80. The number of hydrogen-bond acceptors (Lipinski definition) is 4. The summed E-state index contributed by atoms with van der Waals surface area (Å²) in [7, 11) is -3.80. The molecule has 0 saturated heterocycles. The van der Waals surface area contributed by atoms with Crippen LogP contribution in [0.4, 0.5) is 0 Å². The number of guanidine groups is 1. The van der Waals surface area contributed by atoms with Crippen molar-refractivity contribution >= 4 is 27.6 Å². The van der Waals surface area contributed by atoms with E-state index in [1.807, 2.05) is 61.5 Å². The smallest absolute Gasteiger partial charge is 0.264 e. The fourth-order valence-electron chi connectivity index (χ4n) is 3.39. The van der Waals surface area contributed by atoms with Crippen molar-refractivity contribution in [2.75, 3.05) is 0 Å². The second-order valence-electron chi connectivity index (χ2n) is 7.73. The Bertz CT molecular complexity index is 1420. The molecule has 0 amide bonds.